The molecule has 3 aliphatic rings. The third-order valence-electron chi connectivity index (χ3n) is 6.26. The lowest BCUT2D eigenvalue weighted by Gasteiger charge is -2.36. The van der Waals surface area contributed by atoms with Gasteiger partial charge in [-0.1, -0.05) is 6.07 Å². The van der Waals surface area contributed by atoms with E-state index in [1.54, 1.807) is 11.3 Å². The monoisotopic (exact) mass is 329 g/mol. The molecule has 5 rings (SSSR count). The van der Waals surface area contributed by atoms with Gasteiger partial charge < -0.3 is 10.2 Å². The van der Waals surface area contributed by atoms with E-state index in [4.69, 9.17) is 5.26 Å². The third kappa shape index (κ3) is 2.21. The Bertz CT molecular complexity index is 893. The Kier molecular flexibility index (Phi) is 3.36. The van der Waals surface area contributed by atoms with Gasteiger partial charge in [-0.05, 0) is 84.8 Å². The molecule has 3 aliphatic heterocycles. The summed E-state index contributed by atoms with van der Waals surface area (Å²) in [6.45, 7) is 5.58. The van der Waals surface area contributed by atoms with Gasteiger partial charge in [-0.25, -0.2) is 0 Å². The number of piperidine rings is 1. The van der Waals surface area contributed by atoms with Gasteiger partial charge in [0.15, 0.2) is 0 Å². The number of benzene rings is 2. The third-order valence-corrected chi connectivity index (χ3v) is 6.26. The van der Waals surface area contributed by atoms with Crippen molar-refractivity contribution in [3.05, 3.63) is 52.6 Å². The molecule has 0 unspecified atom stereocenters. The average molecular weight is 329 g/mol. The second-order valence-corrected chi connectivity index (χ2v) is 7.68. The summed E-state index contributed by atoms with van der Waals surface area (Å²) in [5, 5.41) is 12.7. The van der Waals surface area contributed by atoms with Crippen LogP contribution in [-0.2, 0) is 6.42 Å². The first-order valence-electron chi connectivity index (χ1n) is 9.41. The van der Waals surface area contributed by atoms with Crippen LogP contribution in [0.3, 0.4) is 0 Å². The molecule has 3 heteroatoms. The van der Waals surface area contributed by atoms with Crippen molar-refractivity contribution in [1.29, 1.82) is 5.26 Å². The molecule has 3 nitrogen and oxygen atoms in total. The van der Waals surface area contributed by atoms with Crippen LogP contribution in [0.1, 0.15) is 41.0 Å². The Hall–Kier alpha value is -2.31. The predicted octanol–water partition coefficient (Wildman–Crippen LogP) is 3.75. The molecule has 1 N–H and O–H groups in total. The standard InChI is InChI=1S/C22H23N3/c1-14-9-15(12-23)4-5-18(14)17-10-16-3-2-8-25-21-6-7-24-13-20(21)19(11-17)22(16)25/h4-5,9-11,20-21,24H,2-3,6-8,13H2,1H3/t20-,21-/m1/s1. The fraction of sp³-hybridized carbons (Fsp3) is 0.409. The number of anilines is 1. The number of rotatable bonds is 1. The summed E-state index contributed by atoms with van der Waals surface area (Å²) in [5.74, 6) is 0.624. The molecule has 0 saturated carbocycles. The van der Waals surface area contributed by atoms with Crippen LogP contribution >= 0.6 is 0 Å². The van der Waals surface area contributed by atoms with E-state index in [1.165, 1.54) is 48.1 Å². The lowest BCUT2D eigenvalue weighted by Crippen LogP contribution is -2.45. The van der Waals surface area contributed by atoms with Crippen LogP contribution in [0, 0.1) is 18.3 Å². The van der Waals surface area contributed by atoms with E-state index >= 15 is 0 Å². The van der Waals surface area contributed by atoms with Gasteiger partial charge >= 0.3 is 0 Å². The largest absolute Gasteiger partial charge is 0.367 e. The second kappa shape index (κ2) is 5.61. The zero-order valence-electron chi connectivity index (χ0n) is 14.7. The molecule has 2 aromatic rings. The Morgan fingerprint density at radius 1 is 1.24 bits per heavy atom. The van der Waals surface area contributed by atoms with Crippen molar-refractivity contribution in [2.75, 3.05) is 24.5 Å². The highest BCUT2D eigenvalue weighted by molar-refractivity contribution is 5.78. The van der Waals surface area contributed by atoms with E-state index in [-0.39, 0.29) is 0 Å². The Morgan fingerprint density at radius 3 is 3.00 bits per heavy atom. The maximum Gasteiger partial charge on any atom is 0.0991 e. The van der Waals surface area contributed by atoms with Crippen molar-refractivity contribution in [1.82, 2.24) is 5.32 Å². The summed E-state index contributed by atoms with van der Waals surface area (Å²) in [7, 11) is 0. The van der Waals surface area contributed by atoms with Gasteiger partial charge in [0.1, 0.15) is 0 Å². The fourth-order valence-electron chi connectivity index (χ4n) is 5.17. The zero-order valence-corrected chi connectivity index (χ0v) is 14.7. The fourth-order valence-corrected chi connectivity index (χ4v) is 5.17. The molecule has 1 saturated heterocycles. The molecule has 126 valence electrons. The molecule has 0 bridgehead atoms. The van der Waals surface area contributed by atoms with Gasteiger partial charge in [0.25, 0.3) is 0 Å². The van der Waals surface area contributed by atoms with E-state index in [9.17, 15) is 0 Å². The number of hydrogen-bond acceptors (Lipinski definition) is 3. The number of nitrogens with one attached hydrogen (secondary N) is 1. The summed E-state index contributed by atoms with van der Waals surface area (Å²) in [5.41, 5.74) is 9.14. The lowest BCUT2D eigenvalue weighted by atomic mass is 9.86. The van der Waals surface area contributed by atoms with Crippen molar-refractivity contribution in [3.8, 4) is 17.2 Å². The maximum atomic E-state index is 9.14. The summed E-state index contributed by atoms with van der Waals surface area (Å²) in [4.78, 5) is 2.70. The molecule has 0 spiro atoms. The summed E-state index contributed by atoms with van der Waals surface area (Å²) in [6.07, 6.45) is 3.71. The van der Waals surface area contributed by atoms with E-state index in [0.29, 0.717) is 12.0 Å². The quantitative estimate of drug-likeness (QED) is 0.866. The second-order valence-electron chi connectivity index (χ2n) is 7.68. The maximum absolute atomic E-state index is 9.14. The van der Waals surface area contributed by atoms with E-state index in [0.717, 1.165) is 18.7 Å². The van der Waals surface area contributed by atoms with Gasteiger partial charge in [0.2, 0.25) is 0 Å². The highest BCUT2D eigenvalue weighted by atomic mass is 15.2. The molecular formula is C22H23N3. The molecule has 2 atom stereocenters. The van der Waals surface area contributed by atoms with Gasteiger partial charge in [0, 0.05) is 30.7 Å². The van der Waals surface area contributed by atoms with Gasteiger partial charge in [-0.2, -0.15) is 5.26 Å². The highest BCUT2D eigenvalue weighted by Crippen LogP contribution is 2.49. The van der Waals surface area contributed by atoms with Crippen LogP contribution in [0.2, 0.25) is 0 Å². The minimum absolute atomic E-state index is 0.624. The SMILES string of the molecule is Cc1cc(C#N)ccc1-c1cc2c3c(c1)[C@H]1CNCC[C@H]1N3CCC2. The highest BCUT2D eigenvalue weighted by Gasteiger charge is 2.42. The van der Waals surface area contributed by atoms with Crippen LogP contribution in [0.25, 0.3) is 11.1 Å². The number of fused-ring (bicyclic) bond motifs is 3. The Morgan fingerprint density at radius 2 is 2.16 bits per heavy atom. The molecular weight excluding hydrogens is 306 g/mol. The van der Waals surface area contributed by atoms with Crippen LogP contribution in [0.15, 0.2) is 30.3 Å². The molecule has 2 aromatic carbocycles. The normalized spacial score (nSPS) is 23.8. The number of nitrogens with zero attached hydrogens (tertiary/aromatic N) is 2. The van der Waals surface area contributed by atoms with E-state index in [1.807, 2.05) is 12.1 Å². The Labute approximate surface area is 149 Å². The minimum Gasteiger partial charge on any atom is -0.367 e. The summed E-state index contributed by atoms with van der Waals surface area (Å²) >= 11 is 0. The molecule has 0 amide bonds. The van der Waals surface area contributed by atoms with E-state index < -0.39 is 0 Å². The topological polar surface area (TPSA) is 39.1 Å². The van der Waals surface area contributed by atoms with Crippen molar-refractivity contribution in [3.63, 3.8) is 0 Å². The van der Waals surface area contributed by atoms with Crippen molar-refractivity contribution < 1.29 is 0 Å². The first-order valence-corrected chi connectivity index (χ1v) is 9.41. The van der Waals surface area contributed by atoms with Crippen LogP contribution < -0.4 is 10.2 Å². The number of hydrogen-bond donors (Lipinski definition) is 1. The van der Waals surface area contributed by atoms with Crippen molar-refractivity contribution in [2.45, 2.75) is 38.1 Å². The van der Waals surface area contributed by atoms with Crippen molar-refractivity contribution in [2.24, 2.45) is 0 Å². The first-order chi connectivity index (χ1) is 12.3. The first kappa shape index (κ1) is 15.0. The molecule has 0 aliphatic carbocycles. The molecule has 25 heavy (non-hydrogen) atoms. The number of aryl methyl sites for hydroxylation is 2. The summed E-state index contributed by atoms with van der Waals surface area (Å²) in [6, 6.07) is 13.8. The lowest BCUT2D eigenvalue weighted by molar-refractivity contribution is 0.400. The number of nitriles is 1. The molecule has 1 fully saturated rings. The van der Waals surface area contributed by atoms with E-state index in [2.05, 4.69) is 41.4 Å². The smallest absolute Gasteiger partial charge is 0.0991 e. The molecule has 0 aromatic heterocycles. The van der Waals surface area contributed by atoms with Crippen molar-refractivity contribution >= 4 is 5.69 Å². The van der Waals surface area contributed by atoms with Gasteiger partial charge in [-0.15, -0.1) is 0 Å². The van der Waals surface area contributed by atoms with Crippen LogP contribution in [0.5, 0.6) is 0 Å². The molecule has 3 heterocycles. The van der Waals surface area contributed by atoms with Gasteiger partial charge in [0.05, 0.1) is 11.6 Å². The summed E-state index contributed by atoms with van der Waals surface area (Å²) < 4.78 is 0. The average Bonchev–Trinajstić information content (AvgIpc) is 2.97. The Balaban J connectivity index is 1.67. The van der Waals surface area contributed by atoms with Crippen LogP contribution in [0.4, 0.5) is 5.69 Å². The molecule has 0 radical (unpaired) electrons. The predicted molar refractivity (Wildman–Crippen MR) is 101 cm³/mol. The van der Waals surface area contributed by atoms with Crippen LogP contribution in [-0.4, -0.2) is 25.7 Å². The zero-order chi connectivity index (χ0) is 17.0. The van der Waals surface area contributed by atoms with Gasteiger partial charge in [-0.3, -0.25) is 0 Å². The minimum atomic E-state index is 0.624.